The lowest BCUT2D eigenvalue weighted by atomic mass is 10.3. The zero-order chi connectivity index (χ0) is 13.1. The summed E-state index contributed by atoms with van der Waals surface area (Å²) in [6, 6.07) is 0. The number of nitrogens with one attached hydrogen (secondary N) is 1. The number of rotatable bonds is 10. The maximum Gasteiger partial charge on any atom is 0.404 e. The third-order valence-electron chi connectivity index (χ3n) is 1.88. The van der Waals surface area contributed by atoms with Gasteiger partial charge in [-0.25, -0.2) is 4.79 Å². The van der Waals surface area contributed by atoms with Crippen LogP contribution < -0.4 is 11.1 Å². The quantitative estimate of drug-likeness (QED) is 0.433. The van der Waals surface area contributed by atoms with Crippen LogP contribution in [0.1, 0.15) is 6.92 Å². The number of carbonyl (C=O) groups excluding carboxylic acids is 1. The van der Waals surface area contributed by atoms with E-state index >= 15 is 0 Å². The molecule has 7 heteroatoms. The van der Waals surface area contributed by atoms with Gasteiger partial charge in [-0.3, -0.25) is 0 Å². The van der Waals surface area contributed by atoms with E-state index in [1.54, 1.807) is 7.11 Å². The molecule has 0 aliphatic carbocycles. The number of amides is 1. The lowest BCUT2D eigenvalue weighted by Gasteiger charge is -2.16. The normalized spacial score (nSPS) is 14.3. The zero-order valence-corrected chi connectivity index (χ0v) is 10.3. The van der Waals surface area contributed by atoms with Crippen molar-refractivity contribution in [1.82, 2.24) is 5.32 Å². The van der Waals surface area contributed by atoms with E-state index in [2.05, 4.69) is 10.1 Å². The minimum Gasteiger partial charge on any atom is -0.448 e. The SMILES string of the molecule is COCC(C)OCC(O)CNCCOC(N)=O. The summed E-state index contributed by atoms with van der Waals surface area (Å²) in [6.45, 7) is 3.57. The van der Waals surface area contributed by atoms with Crippen molar-refractivity contribution >= 4 is 6.09 Å². The molecule has 2 atom stereocenters. The number of hydrogen-bond donors (Lipinski definition) is 3. The van der Waals surface area contributed by atoms with E-state index in [1.165, 1.54) is 0 Å². The summed E-state index contributed by atoms with van der Waals surface area (Å²) in [4.78, 5) is 10.2. The smallest absolute Gasteiger partial charge is 0.404 e. The van der Waals surface area contributed by atoms with Crippen LogP contribution >= 0.6 is 0 Å². The molecule has 2 unspecified atom stereocenters. The second kappa shape index (κ2) is 10.3. The van der Waals surface area contributed by atoms with E-state index in [9.17, 15) is 9.90 Å². The van der Waals surface area contributed by atoms with E-state index in [4.69, 9.17) is 15.2 Å². The van der Waals surface area contributed by atoms with Crippen molar-refractivity contribution in [1.29, 1.82) is 0 Å². The van der Waals surface area contributed by atoms with Crippen LogP contribution in [-0.4, -0.2) is 63.4 Å². The first kappa shape index (κ1) is 16.1. The predicted octanol–water partition coefficient (Wildman–Crippen LogP) is -0.916. The fraction of sp³-hybridized carbons (Fsp3) is 0.900. The molecule has 0 rings (SSSR count). The van der Waals surface area contributed by atoms with Gasteiger partial charge in [0.2, 0.25) is 0 Å². The fourth-order valence-electron chi connectivity index (χ4n) is 1.11. The van der Waals surface area contributed by atoms with Gasteiger partial charge in [0.05, 0.1) is 25.4 Å². The highest BCUT2D eigenvalue weighted by molar-refractivity contribution is 5.64. The Balaban J connectivity index is 3.34. The third-order valence-corrected chi connectivity index (χ3v) is 1.88. The molecule has 0 spiro atoms. The van der Waals surface area contributed by atoms with Crippen molar-refractivity contribution in [2.75, 3.05) is 40.0 Å². The number of ether oxygens (including phenoxy) is 3. The second-order valence-corrected chi connectivity index (χ2v) is 3.62. The van der Waals surface area contributed by atoms with Gasteiger partial charge in [0.25, 0.3) is 0 Å². The lowest BCUT2D eigenvalue weighted by Crippen LogP contribution is -2.34. The highest BCUT2D eigenvalue weighted by Gasteiger charge is 2.07. The van der Waals surface area contributed by atoms with Gasteiger partial charge in [0, 0.05) is 20.2 Å². The topological polar surface area (TPSA) is 103 Å². The van der Waals surface area contributed by atoms with Crippen LogP contribution in [0.25, 0.3) is 0 Å². The molecule has 102 valence electrons. The van der Waals surface area contributed by atoms with E-state index in [1.807, 2.05) is 6.92 Å². The lowest BCUT2D eigenvalue weighted by molar-refractivity contribution is -0.0311. The van der Waals surface area contributed by atoms with Crippen LogP contribution in [0.3, 0.4) is 0 Å². The second-order valence-electron chi connectivity index (χ2n) is 3.62. The zero-order valence-electron chi connectivity index (χ0n) is 10.3. The van der Waals surface area contributed by atoms with Gasteiger partial charge in [-0.15, -0.1) is 0 Å². The Morgan fingerprint density at radius 1 is 1.47 bits per heavy atom. The maximum atomic E-state index is 10.2. The number of aliphatic hydroxyl groups is 1. The number of primary amides is 1. The van der Waals surface area contributed by atoms with E-state index < -0.39 is 12.2 Å². The first-order chi connectivity index (χ1) is 8.06. The summed E-state index contributed by atoms with van der Waals surface area (Å²) in [5.74, 6) is 0. The van der Waals surface area contributed by atoms with Gasteiger partial charge in [-0.1, -0.05) is 0 Å². The van der Waals surface area contributed by atoms with Crippen LogP contribution in [0.5, 0.6) is 0 Å². The van der Waals surface area contributed by atoms with Crippen LogP contribution in [0.2, 0.25) is 0 Å². The molecule has 0 aromatic rings. The molecule has 0 fully saturated rings. The van der Waals surface area contributed by atoms with Crippen molar-refractivity contribution in [2.24, 2.45) is 5.73 Å². The number of aliphatic hydroxyl groups excluding tert-OH is 1. The molecule has 0 saturated heterocycles. The monoisotopic (exact) mass is 250 g/mol. The van der Waals surface area contributed by atoms with Crippen LogP contribution in [0.15, 0.2) is 0 Å². The molecule has 7 nitrogen and oxygen atoms in total. The Hall–Kier alpha value is -0.890. The summed E-state index contributed by atoms with van der Waals surface area (Å²) in [5.41, 5.74) is 4.77. The van der Waals surface area contributed by atoms with Crippen LogP contribution in [0.4, 0.5) is 4.79 Å². The van der Waals surface area contributed by atoms with Gasteiger partial charge in [0.1, 0.15) is 6.61 Å². The number of carbonyl (C=O) groups is 1. The third kappa shape index (κ3) is 11.4. The molecule has 0 aliphatic heterocycles. The number of hydrogen-bond acceptors (Lipinski definition) is 6. The molecule has 0 saturated carbocycles. The van der Waals surface area contributed by atoms with E-state index in [-0.39, 0.29) is 19.3 Å². The average Bonchev–Trinajstić information content (AvgIpc) is 2.26. The van der Waals surface area contributed by atoms with Crippen molar-refractivity contribution < 1.29 is 24.1 Å². The van der Waals surface area contributed by atoms with Crippen LogP contribution in [0, 0.1) is 0 Å². The van der Waals surface area contributed by atoms with Gasteiger partial charge in [-0.05, 0) is 6.92 Å². The summed E-state index contributed by atoms with van der Waals surface area (Å²) < 4.78 is 14.7. The molecule has 0 radical (unpaired) electrons. The molecule has 0 aliphatic rings. The molecule has 0 aromatic carbocycles. The Bertz CT molecular complexity index is 203. The molecule has 17 heavy (non-hydrogen) atoms. The molecular formula is C10H22N2O5. The Morgan fingerprint density at radius 2 is 2.18 bits per heavy atom. The van der Waals surface area contributed by atoms with Crippen molar-refractivity contribution in [3.8, 4) is 0 Å². The Kier molecular flexibility index (Phi) is 9.74. The summed E-state index contributed by atoms with van der Waals surface area (Å²) in [6.07, 6.45) is -1.46. The van der Waals surface area contributed by atoms with E-state index in [0.29, 0.717) is 19.7 Å². The number of nitrogens with two attached hydrogens (primary N) is 1. The standard InChI is InChI=1S/C10H22N2O5/c1-8(6-15-2)17-7-9(13)5-12-3-4-16-10(11)14/h8-9,12-13H,3-7H2,1-2H3,(H2,11,14). The largest absolute Gasteiger partial charge is 0.448 e. The maximum absolute atomic E-state index is 10.2. The van der Waals surface area contributed by atoms with Gasteiger partial charge in [0.15, 0.2) is 0 Å². The predicted molar refractivity (Wildman–Crippen MR) is 61.7 cm³/mol. The summed E-state index contributed by atoms with van der Waals surface area (Å²) >= 11 is 0. The molecular weight excluding hydrogens is 228 g/mol. The van der Waals surface area contributed by atoms with Gasteiger partial charge < -0.3 is 30.4 Å². The fourth-order valence-corrected chi connectivity index (χ4v) is 1.11. The summed E-state index contributed by atoms with van der Waals surface area (Å²) in [5, 5.41) is 12.4. The van der Waals surface area contributed by atoms with Crippen molar-refractivity contribution in [2.45, 2.75) is 19.1 Å². The van der Waals surface area contributed by atoms with Gasteiger partial charge >= 0.3 is 6.09 Å². The first-order valence-electron chi connectivity index (χ1n) is 5.47. The minimum absolute atomic E-state index is 0.0483. The highest BCUT2D eigenvalue weighted by atomic mass is 16.5. The van der Waals surface area contributed by atoms with Crippen molar-refractivity contribution in [3.05, 3.63) is 0 Å². The molecule has 4 N–H and O–H groups in total. The average molecular weight is 250 g/mol. The van der Waals surface area contributed by atoms with Crippen molar-refractivity contribution in [3.63, 3.8) is 0 Å². The van der Waals surface area contributed by atoms with E-state index in [0.717, 1.165) is 0 Å². The first-order valence-corrected chi connectivity index (χ1v) is 5.47. The van der Waals surface area contributed by atoms with Crippen LogP contribution in [-0.2, 0) is 14.2 Å². The minimum atomic E-state index is -0.802. The highest BCUT2D eigenvalue weighted by Crippen LogP contribution is 1.93. The molecule has 0 aromatic heterocycles. The number of methoxy groups -OCH3 is 1. The molecule has 0 heterocycles. The summed E-state index contributed by atoms with van der Waals surface area (Å²) in [7, 11) is 1.59. The van der Waals surface area contributed by atoms with Gasteiger partial charge in [-0.2, -0.15) is 0 Å². The molecule has 0 bridgehead atoms. The Morgan fingerprint density at radius 3 is 2.76 bits per heavy atom. The Labute approximate surface area is 101 Å². The molecule has 1 amide bonds.